The summed E-state index contributed by atoms with van der Waals surface area (Å²) in [5, 5.41) is 0. The summed E-state index contributed by atoms with van der Waals surface area (Å²) in [6, 6.07) is 36.5. The van der Waals surface area contributed by atoms with Gasteiger partial charge in [-0.15, -0.1) is 0 Å². The standard InChI is InChI=1S/C57H51BN2/c1-38-34-52-54-53(35-38)60(55-44(39-20-11-8-12-21-39)26-19-27-45(55)40-22-13-9-14-23-40)50-29-18-17-28-47(50)58(54)48-37-43(57(5,6)7)31-33-51(48)59(52)49-32-30-42(56(2,3)4)36-46(49)41-24-15-10-16-25-41/h8-37H,1-7H3/i8D,9D,11D,12D,13D,14D,20D,21D,22D,23D. The molecular formula is C57H51BN2. The predicted molar refractivity (Wildman–Crippen MR) is 259 cm³/mol. The first-order valence-corrected chi connectivity index (χ1v) is 20.6. The summed E-state index contributed by atoms with van der Waals surface area (Å²) >= 11 is 0. The van der Waals surface area contributed by atoms with E-state index in [4.69, 9.17) is 8.22 Å². The van der Waals surface area contributed by atoms with Crippen molar-refractivity contribution in [2.45, 2.75) is 59.3 Å². The molecule has 0 saturated carbocycles. The number of nitrogens with zero attached hydrogens (tertiary/aromatic N) is 2. The fourth-order valence-corrected chi connectivity index (χ4v) is 9.06. The number of aryl methyl sites for hydroxylation is 1. The molecule has 10 rings (SSSR count). The molecule has 2 heterocycles. The zero-order chi connectivity index (χ0) is 50.0. The summed E-state index contributed by atoms with van der Waals surface area (Å²) in [5.41, 5.74) is 13.0. The third-order valence-electron chi connectivity index (χ3n) is 12.0. The van der Waals surface area contributed by atoms with Gasteiger partial charge in [-0.25, -0.2) is 0 Å². The molecule has 0 bridgehead atoms. The first kappa shape index (κ1) is 28.0. The highest BCUT2D eigenvalue weighted by Gasteiger charge is 2.45. The van der Waals surface area contributed by atoms with Crippen LogP contribution in [0.25, 0.3) is 33.4 Å². The van der Waals surface area contributed by atoms with E-state index in [2.05, 4.69) is 125 Å². The second-order valence-electron chi connectivity index (χ2n) is 18.0. The van der Waals surface area contributed by atoms with E-state index >= 15 is 0 Å². The van der Waals surface area contributed by atoms with Crippen molar-refractivity contribution in [3.05, 3.63) is 198 Å². The number of fused-ring (bicyclic) bond motifs is 4. The van der Waals surface area contributed by atoms with Gasteiger partial charge in [0.15, 0.2) is 0 Å². The third kappa shape index (κ3) is 6.27. The van der Waals surface area contributed by atoms with Crippen molar-refractivity contribution < 1.29 is 13.7 Å². The largest absolute Gasteiger partial charge is 0.311 e. The Morgan fingerprint density at radius 3 is 1.58 bits per heavy atom. The Hall–Kier alpha value is -6.58. The molecule has 0 aromatic heterocycles. The highest BCUT2D eigenvalue weighted by Crippen LogP contribution is 2.51. The Kier molecular flexibility index (Phi) is 6.68. The van der Waals surface area contributed by atoms with Gasteiger partial charge in [0.05, 0.1) is 25.1 Å². The predicted octanol–water partition coefficient (Wildman–Crippen LogP) is 13.7. The normalized spacial score (nSPS) is 15.5. The van der Waals surface area contributed by atoms with Crippen LogP contribution in [-0.2, 0) is 10.8 Å². The molecule has 2 aliphatic rings. The highest BCUT2D eigenvalue weighted by molar-refractivity contribution is 7.00. The monoisotopic (exact) mass is 784 g/mol. The fourth-order valence-electron chi connectivity index (χ4n) is 9.06. The fraction of sp³-hybridized carbons (Fsp3) is 0.158. The molecule has 0 amide bonds. The average molecular weight is 785 g/mol. The van der Waals surface area contributed by atoms with Gasteiger partial charge >= 0.3 is 0 Å². The second kappa shape index (κ2) is 14.3. The molecule has 0 unspecified atom stereocenters. The van der Waals surface area contributed by atoms with Gasteiger partial charge in [-0.1, -0.05) is 187 Å². The summed E-state index contributed by atoms with van der Waals surface area (Å²) in [6.07, 6.45) is 0. The Morgan fingerprint density at radius 1 is 0.433 bits per heavy atom. The Morgan fingerprint density at radius 2 is 0.967 bits per heavy atom. The Labute approximate surface area is 370 Å². The van der Waals surface area contributed by atoms with Crippen LogP contribution in [0.15, 0.2) is 182 Å². The number of para-hydroxylation sites is 2. The van der Waals surface area contributed by atoms with Gasteiger partial charge in [0, 0.05) is 39.4 Å². The van der Waals surface area contributed by atoms with Crippen molar-refractivity contribution in [2.75, 3.05) is 9.80 Å². The van der Waals surface area contributed by atoms with Gasteiger partial charge in [-0.2, -0.15) is 0 Å². The van der Waals surface area contributed by atoms with Gasteiger partial charge in [0.1, 0.15) is 0 Å². The van der Waals surface area contributed by atoms with E-state index < -0.39 is 60.4 Å². The first-order chi connectivity index (χ1) is 33.1. The van der Waals surface area contributed by atoms with Crippen LogP contribution in [0, 0.1) is 6.92 Å². The van der Waals surface area contributed by atoms with Crippen molar-refractivity contribution in [1.82, 2.24) is 0 Å². The maximum absolute atomic E-state index is 9.33. The van der Waals surface area contributed by atoms with E-state index in [0.717, 1.165) is 67.1 Å². The Bertz CT molecular complexity index is 3360. The molecule has 2 aliphatic heterocycles. The molecule has 0 saturated heterocycles. The van der Waals surface area contributed by atoms with Crippen LogP contribution in [0.5, 0.6) is 0 Å². The van der Waals surface area contributed by atoms with Gasteiger partial charge in [0.2, 0.25) is 0 Å². The SMILES string of the molecule is [2H]c1c([2H])c([2H])c(-c2cccc(-c3c([2H])c([2H])c([2H])c([2H])c3[2H])c2N2c3ccccc3B3c4cc(C(C)(C)C)ccc4N(c4ccc(C(C)(C)C)cc4-c4ccccc4)c4cc(C)cc2c43)c([2H])c1[2H]. The summed E-state index contributed by atoms with van der Waals surface area (Å²) in [7, 11) is 0. The van der Waals surface area contributed by atoms with Crippen LogP contribution in [0.1, 0.15) is 71.9 Å². The van der Waals surface area contributed by atoms with Gasteiger partial charge in [-0.3, -0.25) is 0 Å². The molecule has 8 aromatic carbocycles. The van der Waals surface area contributed by atoms with Gasteiger partial charge in [0.25, 0.3) is 6.71 Å². The van der Waals surface area contributed by atoms with Crippen LogP contribution in [-0.4, -0.2) is 6.71 Å². The van der Waals surface area contributed by atoms with E-state index in [1.165, 1.54) is 5.56 Å². The van der Waals surface area contributed by atoms with Gasteiger partial charge < -0.3 is 9.80 Å². The van der Waals surface area contributed by atoms with Crippen LogP contribution in [0.2, 0.25) is 0 Å². The molecule has 0 spiro atoms. The lowest BCUT2D eigenvalue weighted by atomic mass is 9.33. The molecule has 8 aromatic rings. The minimum atomic E-state index is -0.542. The van der Waals surface area contributed by atoms with Crippen molar-refractivity contribution in [3.63, 3.8) is 0 Å². The molecular weight excluding hydrogens is 723 g/mol. The smallest absolute Gasteiger partial charge is 0.252 e. The first-order valence-electron chi connectivity index (χ1n) is 25.6. The molecule has 0 aliphatic carbocycles. The topological polar surface area (TPSA) is 6.48 Å². The van der Waals surface area contributed by atoms with Crippen LogP contribution >= 0.6 is 0 Å². The number of benzene rings is 8. The quantitative estimate of drug-likeness (QED) is 0.160. The lowest BCUT2D eigenvalue weighted by Crippen LogP contribution is -2.61. The van der Waals surface area contributed by atoms with Crippen LogP contribution < -0.4 is 26.2 Å². The zero-order valence-electron chi connectivity index (χ0n) is 45.0. The molecule has 292 valence electrons. The van der Waals surface area contributed by atoms with E-state index in [0.29, 0.717) is 5.69 Å². The molecule has 3 heteroatoms. The zero-order valence-corrected chi connectivity index (χ0v) is 35.0. The maximum Gasteiger partial charge on any atom is 0.252 e. The van der Waals surface area contributed by atoms with Crippen molar-refractivity contribution in [1.29, 1.82) is 0 Å². The van der Waals surface area contributed by atoms with Crippen molar-refractivity contribution in [2.24, 2.45) is 0 Å². The number of rotatable bonds is 5. The number of hydrogen-bond acceptors (Lipinski definition) is 2. The number of anilines is 6. The Balaban J connectivity index is 1.38. The molecule has 2 nitrogen and oxygen atoms in total. The van der Waals surface area contributed by atoms with E-state index in [1.807, 2.05) is 36.1 Å². The van der Waals surface area contributed by atoms with Crippen LogP contribution in [0.3, 0.4) is 0 Å². The van der Waals surface area contributed by atoms with E-state index in [1.54, 1.807) is 18.2 Å². The highest BCUT2D eigenvalue weighted by atomic mass is 15.2. The van der Waals surface area contributed by atoms with E-state index in [-0.39, 0.29) is 39.8 Å². The molecule has 60 heavy (non-hydrogen) atoms. The molecule has 0 fully saturated rings. The lowest BCUT2D eigenvalue weighted by molar-refractivity contribution is 0.590. The molecule has 0 radical (unpaired) electrons. The summed E-state index contributed by atoms with van der Waals surface area (Å²) < 4.78 is 89.7. The lowest BCUT2D eigenvalue weighted by Gasteiger charge is -2.45. The van der Waals surface area contributed by atoms with Crippen molar-refractivity contribution in [3.8, 4) is 33.4 Å². The summed E-state index contributed by atoms with van der Waals surface area (Å²) in [5.74, 6) is 0. The molecule has 0 atom stereocenters. The second-order valence-corrected chi connectivity index (χ2v) is 18.0. The number of hydrogen-bond donors (Lipinski definition) is 0. The van der Waals surface area contributed by atoms with E-state index in [9.17, 15) is 5.48 Å². The minimum absolute atomic E-state index is 0.0791. The maximum atomic E-state index is 9.33. The van der Waals surface area contributed by atoms with Crippen molar-refractivity contribution >= 4 is 57.2 Å². The minimum Gasteiger partial charge on any atom is -0.311 e. The van der Waals surface area contributed by atoms with Crippen LogP contribution in [0.4, 0.5) is 34.1 Å². The third-order valence-corrected chi connectivity index (χ3v) is 12.0. The summed E-state index contributed by atoms with van der Waals surface area (Å²) in [6.45, 7) is 15.0. The molecule has 0 N–H and O–H groups in total. The average Bonchev–Trinajstić information content (AvgIpc) is 3.33. The summed E-state index contributed by atoms with van der Waals surface area (Å²) in [4.78, 5) is 4.39. The van der Waals surface area contributed by atoms with Gasteiger partial charge in [-0.05, 0) is 104 Å².